The predicted molar refractivity (Wildman–Crippen MR) is 39.9 cm³/mol. The minimum Gasteiger partial charge on any atom is -0.551 e. The van der Waals surface area contributed by atoms with E-state index in [1.165, 1.54) is 13.2 Å². The van der Waals surface area contributed by atoms with Crippen molar-refractivity contribution in [3.8, 4) is 11.5 Å². The van der Waals surface area contributed by atoms with Gasteiger partial charge in [-0.25, -0.2) is 0 Å². The molecular weight excluding hydrogens is 249 g/mol. The number of ether oxygens (including phenoxy) is 1. The molecule has 0 bridgehead atoms. The molecule has 5 heteroatoms. The van der Waals surface area contributed by atoms with E-state index in [-0.39, 0.29) is 49.8 Å². The first-order chi connectivity index (χ1) is 5.65. The Kier molecular flexibility index (Phi) is 4.95. The van der Waals surface area contributed by atoms with Crippen molar-refractivity contribution < 1.29 is 52.5 Å². The van der Waals surface area contributed by atoms with Gasteiger partial charge in [0.15, 0.2) is 0 Å². The molecule has 0 saturated heterocycles. The Bertz CT molecular complexity index is 311. The molecule has 0 heterocycles. The second-order valence-corrected chi connectivity index (χ2v) is 2.11. The SMILES string of the molecule is COC(=O)c1[c-]cc(O)cc1O.[Y]. The zero-order valence-electron chi connectivity index (χ0n) is 6.94. The Labute approximate surface area is 100 Å². The quantitative estimate of drug-likeness (QED) is 0.572. The van der Waals surface area contributed by atoms with Crippen LogP contribution in [0, 0.1) is 6.07 Å². The number of aromatic hydroxyl groups is 2. The first-order valence-corrected chi connectivity index (χ1v) is 3.17. The molecule has 0 atom stereocenters. The summed E-state index contributed by atoms with van der Waals surface area (Å²) in [6, 6.07) is 4.60. The first kappa shape index (κ1) is 12.4. The van der Waals surface area contributed by atoms with E-state index in [0.717, 1.165) is 6.07 Å². The third-order valence-corrected chi connectivity index (χ3v) is 1.29. The van der Waals surface area contributed by atoms with Crippen LogP contribution < -0.4 is 0 Å². The number of methoxy groups -OCH3 is 1. The van der Waals surface area contributed by atoms with Crippen LogP contribution in [0.4, 0.5) is 0 Å². The van der Waals surface area contributed by atoms with Gasteiger partial charge in [0.05, 0.1) is 7.11 Å². The van der Waals surface area contributed by atoms with Crippen LogP contribution in [0.2, 0.25) is 0 Å². The van der Waals surface area contributed by atoms with Gasteiger partial charge in [0.25, 0.3) is 5.97 Å². The van der Waals surface area contributed by atoms with Crippen molar-refractivity contribution in [3.05, 3.63) is 23.8 Å². The van der Waals surface area contributed by atoms with Crippen molar-refractivity contribution in [3.63, 3.8) is 0 Å². The maximum atomic E-state index is 10.9. The number of benzene rings is 1. The normalized spacial score (nSPS) is 8.69. The first-order valence-electron chi connectivity index (χ1n) is 3.17. The number of hydrogen-bond acceptors (Lipinski definition) is 4. The molecule has 0 aliphatic rings. The number of phenolic OH excluding ortho intramolecular Hbond substituents is 2. The second kappa shape index (κ2) is 5.19. The largest absolute Gasteiger partial charge is 0.551 e. The number of carbonyl (C=O) groups excluding carboxylic acids is 1. The summed E-state index contributed by atoms with van der Waals surface area (Å²) in [7, 11) is 1.20. The molecule has 0 saturated carbocycles. The fourth-order valence-electron chi connectivity index (χ4n) is 0.740. The standard InChI is InChI=1S/C8H7O4.Y/c1-12-8(11)6-3-2-5(9)4-7(6)10;/h2,4,9-10H,1H3;/q-1;. The van der Waals surface area contributed by atoms with E-state index in [9.17, 15) is 4.79 Å². The van der Waals surface area contributed by atoms with Gasteiger partial charge in [-0.3, -0.25) is 0 Å². The van der Waals surface area contributed by atoms with Gasteiger partial charge in [-0.05, 0) is 5.56 Å². The molecule has 0 unspecified atom stereocenters. The summed E-state index contributed by atoms with van der Waals surface area (Å²) < 4.78 is 4.35. The Balaban J connectivity index is 0.00000144. The van der Waals surface area contributed by atoms with Crippen LogP contribution in [-0.2, 0) is 37.4 Å². The van der Waals surface area contributed by atoms with Crippen molar-refractivity contribution in [2.75, 3.05) is 7.11 Å². The van der Waals surface area contributed by atoms with Gasteiger partial charge in [0, 0.05) is 44.2 Å². The molecule has 0 aromatic heterocycles. The number of carbonyl (C=O) groups is 1. The van der Waals surface area contributed by atoms with Gasteiger partial charge in [0.2, 0.25) is 0 Å². The fourth-order valence-corrected chi connectivity index (χ4v) is 0.740. The van der Waals surface area contributed by atoms with E-state index in [2.05, 4.69) is 10.8 Å². The Morgan fingerprint density at radius 1 is 1.54 bits per heavy atom. The molecule has 1 aromatic carbocycles. The van der Waals surface area contributed by atoms with E-state index in [4.69, 9.17) is 10.2 Å². The molecule has 2 N–H and O–H groups in total. The number of rotatable bonds is 1. The van der Waals surface area contributed by atoms with Crippen molar-refractivity contribution in [1.82, 2.24) is 0 Å². The summed E-state index contributed by atoms with van der Waals surface area (Å²) in [6.45, 7) is 0. The molecular formula is C8H7O4Y-. The summed E-state index contributed by atoms with van der Waals surface area (Å²) in [4.78, 5) is 10.9. The van der Waals surface area contributed by atoms with Crippen LogP contribution in [0.1, 0.15) is 10.4 Å². The fraction of sp³-hybridized carbons (Fsp3) is 0.125. The van der Waals surface area contributed by atoms with E-state index in [1.807, 2.05) is 0 Å². The Hall–Kier alpha value is -0.606. The molecule has 0 spiro atoms. The maximum Gasteiger partial charge on any atom is 0.253 e. The van der Waals surface area contributed by atoms with Crippen LogP contribution in [0.3, 0.4) is 0 Å². The average molecular weight is 256 g/mol. The van der Waals surface area contributed by atoms with Crippen LogP contribution >= 0.6 is 0 Å². The van der Waals surface area contributed by atoms with Crippen molar-refractivity contribution in [2.45, 2.75) is 0 Å². The molecule has 1 radical (unpaired) electrons. The Morgan fingerprint density at radius 2 is 2.15 bits per heavy atom. The minimum atomic E-state index is -0.688. The molecule has 13 heavy (non-hydrogen) atoms. The van der Waals surface area contributed by atoms with E-state index >= 15 is 0 Å². The van der Waals surface area contributed by atoms with Gasteiger partial charge in [0.1, 0.15) is 0 Å². The van der Waals surface area contributed by atoms with Gasteiger partial charge in [-0.1, -0.05) is 6.07 Å². The van der Waals surface area contributed by atoms with Gasteiger partial charge in [-0.15, -0.1) is 12.1 Å². The van der Waals surface area contributed by atoms with Crippen LogP contribution in [0.15, 0.2) is 12.1 Å². The molecule has 67 valence electrons. The topological polar surface area (TPSA) is 66.8 Å². The van der Waals surface area contributed by atoms with Crippen LogP contribution in [-0.4, -0.2) is 23.3 Å². The summed E-state index contributed by atoms with van der Waals surface area (Å²) in [5, 5.41) is 17.9. The average Bonchev–Trinajstić information content (AvgIpc) is 2.03. The van der Waals surface area contributed by atoms with Crippen LogP contribution in [0.25, 0.3) is 0 Å². The predicted octanol–water partition coefficient (Wildman–Crippen LogP) is 0.682. The molecule has 1 rings (SSSR count). The monoisotopic (exact) mass is 256 g/mol. The van der Waals surface area contributed by atoms with Crippen molar-refractivity contribution in [2.24, 2.45) is 0 Å². The molecule has 0 aliphatic carbocycles. The zero-order valence-corrected chi connectivity index (χ0v) is 9.78. The molecule has 4 nitrogen and oxygen atoms in total. The third kappa shape index (κ3) is 2.97. The summed E-state index contributed by atoms with van der Waals surface area (Å²) in [5.74, 6) is -1.19. The summed E-state index contributed by atoms with van der Waals surface area (Å²) in [6.07, 6.45) is 0. The van der Waals surface area contributed by atoms with Gasteiger partial charge >= 0.3 is 0 Å². The molecule has 0 fully saturated rings. The smallest absolute Gasteiger partial charge is 0.253 e. The van der Waals surface area contributed by atoms with E-state index in [1.54, 1.807) is 0 Å². The molecule has 0 amide bonds. The second-order valence-electron chi connectivity index (χ2n) is 2.11. The third-order valence-electron chi connectivity index (χ3n) is 1.29. The maximum absolute atomic E-state index is 10.9. The summed E-state index contributed by atoms with van der Waals surface area (Å²) in [5.41, 5.74) is -0.0877. The zero-order chi connectivity index (χ0) is 9.14. The van der Waals surface area contributed by atoms with Gasteiger partial charge in [-0.2, -0.15) is 0 Å². The number of phenols is 2. The van der Waals surface area contributed by atoms with Crippen LogP contribution in [0.5, 0.6) is 11.5 Å². The van der Waals surface area contributed by atoms with E-state index < -0.39 is 5.97 Å². The number of hydrogen-bond donors (Lipinski definition) is 2. The van der Waals surface area contributed by atoms with E-state index in [0.29, 0.717) is 0 Å². The number of esters is 1. The molecule has 1 aromatic rings. The van der Waals surface area contributed by atoms with Crippen molar-refractivity contribution >= 4 is 5.97 Å². The van der Waals surface area contributed by atoms with Gasteiger partial charge < -0.3 is 19.7 Å². The minimum absolute atomic E-state index is 0. The summed E-state index contributed by atoms with van der Waals surface area (Å²) >= 11 is 0. The van der Waals surface area contributed by atoms with Crippen molar-refractivity contribution in [1.29, 1.82) is 0 Å². The Morgan fingerprint density at radius 3 is 2.62 bits per heavy atom. The molecule has 0 aliphatic heterocycles.